The van der Waals surface area contributed by atoms with Crippen molar-refractivity contribution in [1.29, 1.82) is 0 Å². The number of hydrogen-bond donors (Lipinski definition) is 0. The van der Waals surface area contributed by atoms with Crippen LogP contribution in [0.5, 0.6) is 0 Å². The Morgan fingerprint density at radius 1 is 0.540 bits per heavy atom. The van der Waals surface area contributed by atoms with Crippen LogP contribution in [0.3, 0.4) is 0 Å². The molecule has 0 unspecified atom stereocenters. The van der Waals surface area contributed by atoms with Gasteiger partial charge in [-0.15, -0.1) is 13.2 Å². The molecule has 5 aromatic carbocycles. The van der Waals surface area contributed by atoms with Crippen LogP contribution in [0.2, 0.25) is 0 Å². The molecule has 0 fully saturated rings. The molecular formula is C58H49N5. The fraction of sp³-hybridized carbons (Fsp3) is 0.0517. The van der Waals surface area contributed by atoms with Crippen LogP contribution in [0.4, 0.5) is 0 Å². The molecule has 0 amide bonds. The summed E-state index contributed by atoms with van der Waals surface area (Å²) < 4.78 is 0. The zero-order valence-electron chi connectivity index (χ0n) is 35.3. The fourth-order valence-corrected chi connectivity index (χ4v) is 6.95. The lowest BCUT2D eigenvalue weighted by atomic mass is 10.0. The molecule has 0 radical (unpaired) electrons. The quantitative estimate of drug-likeness (QED) is 0.0964. The number of aliphatic imine (C=N–C) groups is 1. The van der Waals surface area contributed by atoms with Crippen molar-refractivity contribution in [3.05, 3.63) is 267 Å². The Labute approximate surface area is 371 Å². The van der Waals surface area contributed by atoms with E-state index in [-0.39, 0.29) is 0 Å². The van der Waals surface area contributed by atoms with E-state index in [4.69, 9.17) is 24.9 Å². The summed E-state index contributed by atoms with van der Waals surface area (Å²) in [5.74, 6) is 1.29. The van der Waals surface area contributed by atoms with E-state index >= 15 is 0 Å². The first-order chi connectivity index (χ1) is 31.2. The Hall–Kier alpha value is -8.15. The van der Waals surface area contributed by atoms with E-state index < -0.39 is 0 Å². The van der Waals surface area contributed by atoms with Crippen molar-refractivity contribution in [3.63, 3.8) is 0 Å². The minimum atomic E-state index is 0.493. The van der Waals surface area contributed by atoms with Crippen LogP contribution in [-0.2, 0) is 0 Å². The molecule has 0 N–H and O–H groups in total. The van der Waals surface area contributed by atoms with Gasteiger partial charge in [0.15, 0.2) is 11.6 Å². The molecule has 63 heavy (non-hydrogen) atoms. The first-order valence-electron chi connectivity index (χ1n) is 21.0. The Bertz CT molecular complexity index is 2700. The maximum atomic E-state index is 5.10. The summed E-state index contributed by atoms with van der Waals surface area (Å²) in [6.45, 7) is 10.6. The second-order valence-corrected chi connectivity index (χ2v) is 14.4. The number of benzene rings is 5. The van der Waals surface area contributed by atoms with Crippen LogP contribution in [0.25, 0.3) is 56.2 Å². The molecule has 1 aliphatic rings. The second-order valence-electron chi connectivity index (χ2n) is 14.4. The van der Waals surface area contributed by atoms with Crippen LogP contribution < -0.4 is 0 Å². The van der Waals surface area contributed by atoms with Crippen LogP contribution in [-0.4, -0.2) is 32.2 Å². The van der Waals surface area contributed by atoms with Gasteiger partial charge in [-0.25, -0.2) is 19.9 Å². The Kier molecular flexibility index (Phi) is 15.3. The molecule has 2 aromatic heterocycles. The lowest BCUT2D eigenvalue weighted by Crippen LogP contribution is -2.00. The van der Waals surface area contributed by atoms with Gasteiger partial charge >= 0.3 is 0 Å². The van der Waals surface area contributed by atoms with Gasteiger partial charge in [0.2, 0.25) is 0 Å². The highest BCUT2D eigenvalue weighted by molar-refractivity contribution is 6.09. The summed E-state index contributed by atoms with van der Waals surface area (Å²) in [7, 11) is 0. The van der Waals surface area contributed by atoms with Crippen molar-refractivity contribution in [2.75, 3.05) is 6.54 Å². The molecule has 0 saturated carbocycles. The largest absolute Gasteiger partial charge is 0.281 e. The van der Waals surface area contributed by atoms with E-state index in [2.05, 4.69) is 147 Å². The second kappa shape index (κ2) is 22.5. The minimum Gasteiger partial charge on any atom is -0.281 e. The molecule has 0 atom stereocenters. The maximum Gasteiger partial charge on any atom is 0.160 e. The first kappa shape index (κ1) is 43.0. The lowest BCUT2D eigenvalue weighted by molar-refractivity contribution is 1.12. The summed E-state index contributed by atoms with van der Waals surface area (Å²) in [5, 5.41) is 0. The van der Waals surface area contributed by atoms with Crippen LogP contribution in [0.1, 0.15) is 30.1 Å². The first-order valence-corrected chi connectivity index (χ1v) is 21.0. The highest BCUT2D eigenvalue weighted by atomic mass is 14.9. The van der Waals surface area contributed by atoms with Crippen molar-refractivity contribution in [3.8, 4) is 45.0 Å². The maximum absolute atomic E-state index is 5.10. The number of rotatable bonds is 11. The third-order valence-electron chi connectivity index (χ3n) is 10.1. The van der Waals surface area contributed by atoms with Crippen LogP contribution >= 0.6 is 0 Å². The predicted octanol–water partition coefficient (Wildman–Crippen LogP) is 14.3. The van der Waals surface area contributed by atoms with E-state index in [1.165, 1.54) is 0 Å². The van der Waals surface area contributed by atoms with Crippen molar-refractivity contribution < 1.29 is 0 Å². The van der Waals surface area contributed by atoms with Gasteiger partial charge in [-0.05, 0) is 42.2 Å². The summed E-state index contributed by atoms with van der Waals surface area (Å²) in [5.41, 5.74) is 12.5. The molecule has 1 aliphatic heterocycles. The zero-order valence-corrected chi connectivity index (χ0v) is 35.3. The van der Waals surface area contributed by atoms with Gasteiger partial charge in [0.05, 0.1) is 35.0 Å². The Morgan fingerprint density at radius 2 is 1.00 bits per heavy atom. The van der Waals surface area contributed by atoms with E-state index in [9.17, 15) is 0 Å². The summed E-state index contributed by atoms with van der Waals surface area (Å²) >= 11 is 0. The van der Waals surface area contributed by atoms with E-state index in [0.717, 1.165) is 73.0 Å². The Morgan fingerprint density at radius 3 is 1.48 bits per heavy atom. The van der Waals surface area contributed by atoms with Crippen molar-refractivity contribution >= 4 is 16.9 Å². The summed E-state index contributed by atoms with van der Waals surface area (Å²) in [4.78, 5) is 25.3. The van der Waals surface area contributed by atoms with E-state index in [1.54, 1.807) is 0 Å². The van der Waals surface area contributed by atoms with Crippen molar-refractivity contribution in [2.24, 2.45) is 4.99 Å². The molecular weight excluding hydrogens is 767 g/mol. The third kappa shape index (κ3) is 11.8. The molecule has 7 aromatic rings. The third-order valence-corrected chi connectivity index (χ3v) is 10.1. The van der Waals surface area contributed by atoms with Gasteiger partial charge < -0.3 is 0 Å². The molecule has 5 nitrogen and oxygen atoms in total. The van der Waals surface area contributed by atoms with Crippen LogP contribution in [0.15, 0.2) is 255 Å². The van der Waals surface area contributed by atoms with Gasteiger partial charge in [0.25, 0.3) is 0 Å². The predicted molar refractivity (Wildman–Crippen MR) is 266 cm³/mol. The topological polar surface area (TPSA) is 63.9 Å². The standard InChI is InChI=1S/C56H45N5.C2H4/c1-2-43(55-58-51(45-28-10-4-11-29-45)40-52(59-55)46-30-12-5-13-31-46)25-20-18-23-42-24-19-21-36-49(37-22-38-57-50(39-42)44-26-8-3-9-27-44)56-60-53(47-32-14-6-15-33-47)41-54(61-56)48-34-16-7-17-35-48;1-2/h2-20,22,24-37,39-41H,1,21,23,38H2;1-2H2/b20-18-,24-19+,37-22-,42-39-,43-25+,49-36+,57-50?;. The molecule has 306 valence electrons. The molecule has 0 bridgehead atoms. The minimum absolute atomic E-state index is 0.493. The number of aromatic nitrogens is 4. The van der Waals surface area contributed by atoms with Gasteiger partial charge in [0, 0.05) is 33.4 Å². The molecule has 0 saturated heterocycles. The molecule has 0 spiro atoms. The lowest BCUT2D eigenvalue weighted by Gasteiger charge is -2.10. The average Bonchev–Trinajstić information content (AvgIpc) is 3.36. The average molecular weight is 816 g/mol. The van der Waals surface area contributed by atoms with Gasteiger partial charge in [-0.2, -0.15) is 0 Å². The SMILES string of the molecule is C=C.C=C/C(=C\C=C/CC1=C/C(c2ccccc2)=NC/C=C\C(c2nc(-c3ccccc3)cc(-c3ccccc3)n2)=C/C\C=C\1)c1nc(-c2ccccc2)cc(-c2ccccc2)n1. The fourth-order valence-electron chi connectivity index (χ4n) is 6.95. The molecule has 0 aliphatic carbocycles. The van der Waals surface area contributed by atoms with Crippen LogP contribution in [0, 0.1) is 0 Å². The van der Waals surface area contributed by atoms with Gasteiger partial charge in [-0.1, -0.05) is 213 Å². The normalized spacial score (nSPS) is 15.7. The monoisotopic (exact) mass is 815 g/mol. The summed E-state index contributed by atoms with van der Waals surface area (Å²) in [6.07, 6.45) is 22.4. The van der Waals surface area contributed by atoms with Crippen molar-refractivity contribution in [2.45, 2.75) is 12.8 Å². The molecule has 5 heteroatoms. The number of allylic oxidation sites excluding steroid dienone is 12. The molecule has 8 rings (SSSR count). The Balaban J connectivity index is 0.00000293. The number of nitrogens with zero attached hydrogens (tertiary/aromatic N) is 5. The zero-order chi connectivity index (χ0) is 43.5. The van der Waals surface area contributed by atoms with Crippen molar-refractivity contribution in [1.82, 2.24) is 19.9 Å². The molecule has 3 heterocycles. The summed E-state index contributed by atoms with van der Waals surface area (Å²) in [6, 6.07) is 55.4. The van der Waals surface area contributed by atoms with Gasteiger partial charge in [-0.3, -0.25) is 4.99 Å². The smallest absolute Gasteiger partial charge is 0.160 e. The highest BCUT2D eigenvalue weighted by Gasteiger charge is 2.13. The number of hydrogen-bond acceptors (Lipinski definition) is 5. The van der Waals surface area contributed by atoms with Gasteiger partial charge in [0.1, 0.15) is 0 Å². The van der Waals surface area contributed by atoms with E-state index in [1.807, 2.05) is 97.1 Å². The van der Waals surface area contributed by atoms with E-state index in [0.29, 0.717) is 31.0 Å². The highest BCUT2D eigenvalue weighted by Crippen LogP contribution is 2.28.